The number of anilines is 1. The van der Waals surface area contributed by atoms with Crippen molar-refractivity contribution >= 4 is 23.3 Å². The number of pyridine rings is 1. The molecule has 0 bridgehead atoms. The minimum atomic E-state index is -0.606. The molecule has 1 aromatic heterocycles. The van der Waals surface area contributed by atoms with Gasteiger partial charge in [-0.05, 0) is 42.8 Å². The molecular weight excluding hydrogens is 304 g/mol. The minimum absolute atomic E-state index is 0.256. The maximum absolute atomic E-state index is 12.2. The lowest BCUT2D eigenvalue weighted by atomic mass is 10.2. The van der Waals surface area contributed by atoms with Crippen molar-refractivity contribution in [1.29, 1.82) is 0 Å². The monoisotopic (exact) mass is 320 g/mol. The molecule has 0 aliphatic rings. The fourth-order valence-corrected chi connectivity index (χ4v) is 1.91. The van der Waals surface area contributed by atoms with Crippen molar-refractivity contribution in [2.75, 3.05) is 12.4 Å². The van der Waals surface area contributed by atoms with Crippen molar-refractivity contribution in [2.24, 2.45) is 0 Å². The molecule has 0 aliphatic carbocycles. The molecule has 22 heavy (non-hydrogen) atoms. The van der Waals surface area contributed by atoms with Crippen LogP contribution in [0.2, 0.25) is 5.02 Å². The molecule has 2 rings (SSSR count). The zero-order valence-electron chi connectivity index (χ0n) is 12.4. The molecule has 0 aliphatic heterocycles. The summed E-state index contributed by atoms with van der Waals surface area (Å²) in [5.41, 5.74) is 0. The number of benzene rings is 1. The van der Waals surface area contributed by atoms with Crippen molar-refractivity contribution in [3.63, 3.8) is 0 Å². The van der Waals surface area contributed by atoms with Gasteiger partial charge in [-0.2, -0.15) is 0 Å². The van der Waals surface area contributed by atoms with Crippen LogP contribution in [0.3, 0.4) is 0 Å². The highest BCUT2D eigenvalue weighted by atomic mass is 35.5. The highest BCUT2D eigenvalue weighted by molar-refractivity contribution is 6.30. The number of nitrogens with zero attached hydrogens (tertiary/aromatic N) is 1. The second-order valence-electron chi connectivity index (χ2n) is 4.54. The van der Waals surface area contributed by atoms with Gasteiger partial charge in [0.2, 0.25) is 0 Å². The Bertz CT molecular complexity index is 614. The van der Waals surface area contributed by atoms with Crippen molar-refractivity contribution < 1.29 is 14.3 Å². The Balaban J connectivity index is 2.00. The van der Waals surface area contributed by atoms with Crippen LogP contribution in [0.15, 0.2) is 42.6 Å². The van der Waals surface area contributed by atoms with E-state index in [1.807, 2.05) is 6.92 Å². The third kappa shape index (κ3) is 4.36. The second-order valence-corrected chi connectivity index (χ2v) is 4.98. The van der Waals surface area contributed by atoms with Gasteiger partial charge in [0.25, 0.3) is 5.91 Å². The summed E-state index contributed by atoms with van der Waals surface area (Å²) in [5.74, 6) is 1.52. The van der Waals surface area contributed by atoms with Crippen molar-refractivity contribution in [3.05, 3.63) is 47.6 Å². The van der Waals surface area contributed by atoms with E-state index < -0.39 is 6.10 Å². The summed E-state index contributed by atoms with van der Waals surface area (Å²) < 4.78 is 10.8. The number of ether oxygens (including phenoxy) is 2. The summed E-state index contributed by atoms with van der Waals surface area (Å²) in [6.07, 6.45) is 1.40. The maximum Gasteiger partial charge on any atom is 0.266 e. The van der Waals surface area contributed by atoms with Crippen LogP contribution in [0.25, 0.3) is 0 Å². The molecular formula is C16H17ClN2O3. The molecule has 1 atom stereocenters. The number of amides is 1. The van der Waals surface area contributed by atoms with Crippen LogP contribution in [-0.2, 0) is 4.79 Å². The first-order chi connectivity index (χ1) is 10.6. The first-order valence-corrected chi connectivity index (χ1v) is 7.23. The van der Waals surface area contributed by atoms with Crippen molar-refractivity contribution in [1.82, 2.24) is 4.98 Å². The Morgan fingerprint density at radius 1 is 1.23 bits per heavy atom. The molecule has 0 saturated carbocycles. The Hall–Kier alpha value is -2.27. The zero-order valence-corrected chi connectivity index (χ0v) is 13.1. The average molecular weight is 321 g/mol. The third-order valence-corrected chi connectivity index (χ3v) is 3.20. The van der Waals surface area contributed by atoms with Gasteiger partial charge in [-0.3, -0.25) is 4.79 Å². The zero-order chi connectivity index (χ0) is 15.9. The maximum atomic E-state index is 12.2. The van der Waals surface area contributed by atoms with Crippen LogP contribution in [0.1, 0.15) is 13.3 Å². The van der Waals surface area contributed by atoms with E-state index in [1.165, 1.54) is 6.20 Å². The highest BCUT2D eigenvalue weighted by Crippen LogP contribution is 2.19. The summed E-state index contributed by atoms with van der Waals surface area (Å²) in [7, 11) is 1.59. The lowest BCUT2D eigenvalue weighted by molar-refractivity contribution is -0.122. The minimum Gasteiger partial charge on any atom is -0.497 e. The highest BCUT2D eigenvalue weighted by Gasteiger charge is 2.19. The van der Waals surface area contributed by atoms with E-state index in [0.29, 0.717) is 23.0 Å². The average Bonchev–Trinajstić information content (AvgIpc) is 2.55. The number of hydrogen-bond acceptors (Lipinski definition) is 4. The number of hydrogen-bond donors (Lipinski definition) is 1. The standard InChI is InChI=1S/C16H17ClN2O3/c1-3-14(22-13-7-5-12(21-2)6-8-13)16(20)19-15-9-4-11(17)10-18-15/h4-10,14H,3H2,1-2H3,(H,18,19,20). The molecule has 5 nitrogen and oxygen atoms in total. The number of carbonyl (C=O) groups excluding carboxylic acids is 1. The first-order valence-electron chi connectivity index (χ1n) is 6.85. The van der Waals surface area contributed by atoms with Crippen molar-refractivity contribution in [2.45, 2.75) is 19.4 Å². The Morgan fingerprint density at radius 2 is 1.91 bits per heavy atom. The Labute approximate surface area is 134 Å². The predicted molar refractivity (Wildman–Crippen MR) is 85.6 cm³/mol. The fraction of sp³-hybridized carbons (Fsp3) is 0.250. The normalized spacial score (nSPS) is 11.6. The second kappa shape index (κ2) is 7.66. The number of carbonyl (C=O) groups is 1. The number of rotatable bonds is 6. The predicted octanol–water partition coefficient (Wildman–Crippen LogP) is 3.54. The van der Waals surface area contributed by atoms with E-state index in [2.05, 4.69) is 10.3 Å². The van der Waals surface area contributed by atoms with Gasteiger partial charge in [0.1, 0.15) is 17.3 Å². The molecule has 2 aromatic rings. The molecule has 0 radical (unpaired) electrons. The van der Waals surface area contributed by atoms with Crippen LogP contribution in [0, 0.1) is 0 Å². The largest absolute Gasteiger partial charge is 0.497 e. The lowest BCUT2D eigenvalue weighted by Gasteiger charge is -2.17. The van der Waals surface area contributed by atoms with Gasteiger partial charge >= 0.3 is 0 Å². The molecule has 0 saturated heterocycles. The Morgan fingerprint density at radius 3 is 2.45 bits per heavy atom. The number of methoxy groups -OCH3 is 1. The van der Waals surface area contributed by atoms with E-state index in [9.17, 15) is 4.79 Å². The van der Waals surface area contributed by atoms with Gasteiger partial charge < -0.3 is 14.8 Å². The van der Waals surface area contributed by atoms with Gasteiger partial charge in [0.05, 0.1) is 12.1 Å². The van der Waals surface area contributed by atoms with E-state index in [1.54, 1.807) is 43.5 Å². The van der Waals surface area contributed by atoms with E-state index in [4.69, 9.17) is 21.1 Å². The van der Waals surface area contributed by atoms with Crippen LogP contribution >= 0.6 is 11.6 Å². The summed E-state index contributed by atoms with van der Waals surface area (Å²) in [4.78, 5) is 16.3. The molecule has 1 N–H and O–H groups in total. The van der Waals surface area contributed by atoms with Gasteiger partial charge in [0.15, 0.2) is 6.10 Å². The number of nitrogens with one attached hydrogen (secondary N) is 1. The van der Waals surface area contributed by atoms with E-state index in [-0.39, 0.29) is 5.91 Å². The third-order valence-electron chi connectivity index (χ3n) is 2.98. The number of halogens is 1. The van der Waals surface area contributed by atoms with E-state index in [0.717, 1.165) is 5.75 Å². The summed E-state index contributed by atoms with van der Waals surface area (Å²) in [5, 5.41) is 3.22. The van der Waals surface area contributed by atoms with Crippen LogP contribution < -0.4 is 14.8 Å². The molecule has 1 amide bonds. The summed E-state index contributed by atoms with van der Waals surface area (Å²) in [6.45, 7) is 1.88. The Kier molecular flexibility index (Phi) is 5.61. The van der Waals surface area contributed by atoms with Crippen LogP contribution in [0.4, 0.5) is 5.82 Å². The number of aromatic nitrogens is 1. The van der Waals surface area contributed by atoms with Gasteiger partial charge in [-0.25, -0.2) is 4.98 Å². The topological polar surface area (TPSA) is 60.5 Å². The quantitative estimate of drug-likeness (QED) is 0.884. The van der Waals surface area contributed by atoms with Crippen LogP contribution in [0.5, 0.6) is 11.5 Å². The fourth-order valence-electron chi connectivity index (χ4n) is 1.80. The van der Waals surface area contributed by atoms with Gasteiger partial charge in [-0.15, -0.1) is 0 Å². The molecule has 0 spiro atoms. The molecule has 116 valence electrons. The van der Waals surface area contributed by atoms with Gasteiger partial charge in [-0.1, -0.05) is 18.5 Å². The first kappa shape index (κ1) is 16.1. The van der Waals surface area contributed by atoms with Crippen molar-refractivity contribution in [3.8, 4) is 11.5 Å². The molecule has 1 unspecified atom stereocenters. The SMILES string of the molecule is CCC(Oc1ccc(OC)cc1)C(=O)Nc1ccc(Cl)cn1. The molecule has 1 aromatic carbocycles. The van der Waals surface area contributed by atoms with Gasteiger partial charge in [0, 0.05) is 6.20 Å². The van der Waals surface area contributed by atoms with E-state index >= 15 is 0 Å². The summed E-state index contributed by atoms with van der Waals surface area (Å²) in [6, 6.07) is 10.4. The lowest BCUT2D eigenvalue weighted by Crippen LogP contribution is -2.32. The molecule has 6 heteroatoms. The summed E-state index contributed by atoms with van der Waals surface area (Å²) >= 11 is 5.76. The molecule has 1 heterocycles. The van der Waals surface area contributed by atoms with Crippen LogP contribution in [-0.4, -0.2) is 24.1 Å². The molecule has 0 fully saturated rings. The smallest absolute Gasteiger partial charge is 0.266 e.